The van der Waals surface area contributed by atoms with E-state index >= 15 is 0 Å². The molecule has 0 saturated heterocycles. The SMILES string of the molecule is Nc1cc(F)cc(Nc2ccc3c(c2)COC3)c1. The molecule has 0 unspecified atom stereocenters. The number of nitrogens with one attached hydrogen (secondary N) is 1. The molecule has 0 bridgehead atoms. The van der Waals surface area contributed by atoms with E-state index in [-0.39, 0.29) is 5.82 Å². The van der Waals surface area contributed by atoms with Gasteiger partial charge in [0.05, 0.1) is 13.2 Å². The van der Waals surface area contributed by atoms with E-state index in [1.165, 1.54) is 23.3 Å². The van der Waals surface area contributed by atoms with Crippen molar-refractivity contribution in [1.29, 1.82) is 0 Å². The zero-order chi connectivity index (χ0) is 12.5. The molecule has 4 heteroatoms. The van der Waals surface area contributed by atoms with Gasteiger partial charge in [0.25, 0.3) is 0 Å². The van der Waals surface area contributed by atoms with Gasteiger partial charge in [-0.25, -0.2) is 4.39 Å². The lowest BCUT2D eigenvalue weighted by atomic mass is 10.1. The summed E-state index contributed by atoms with van der Waals surface area (Å²) in [6.07, 6.45) is 0. The number of halogens is 1. The number of rotatable bonds is 2. The van der Waals surface area contributed by atoms with Crippen molar-refractivity contribution in [1.82, 2.24) is 0 Å². The number of nitrogen functional groups attached to an aromatic ring is 1. The highest BCUT2D eigenvalue weighted by molar-refractivity contribution is 5.64. The van der Waals surface area contributed by atoms with Crippen molar-refractivity contribution >= 4 is 17.1 Å². The van der Waals surface area contributed by atoms with Crippen LogP contribution in [0.5, 0.6) is 0 Å². The summed E-state index contributed by atoms with van der Waals surface area (Å²) >= 11 is 0. The molecule has 92 valence electrons. The fourth-order valence-electron chi connectivity index (χ4n) is 2.10. The highest BCUT2D eigenvalue weighted by Crippen LogP contribution is 2.26. The topological polar surface area (TPSA) is 47.3 Å². The first kappa shape index (κ1) is 11.0. The molecule has 0 amide bonds. The maximum atomic E-state index is 13.2. The Labute approximate surface area is 104 Å². The van der Waals surface area contributed by atoms with E-state index in [0.29, 0.717) is 24.6 Å². The average molecular weight is 244 g/mol. The number of nitrogens with two attached hydrogens (primary N) is 1. The van der Waals surface area contributed by atoms with Gasteiger partial charge in [0.2, 0.25) is 0 Å². The fraction of sp³-hybridized carbons (Fsp3) is 0.143. The van der Waals surface area contributed by atoms with Crippen molar-refractivity contribution in [3.05, 3.63) is 53.3 Å². The Morgan fingerprint density at radius 3 is 2.67 bits per heavy atom. The van der Waals surface area contributed by atoms with Crippen molar-refractivity contribution in [3.63, 3.8) is 0 Å². The Hall–Kier alpha value is -2.07. The molecule has 18 heavy (non-hydrogen) atoms. The number of hydrogen-bond donors (Lipinski definition) is 2. The molecular weight excluding hydrogens is 231 g/mol. The number of fused-ring (bicyclic) bond motifs is 1. The van der Waals surface area contributed by atoms with Crippen molar-refractivity contribution in [2.24, 2.45) is 0 Å². The number of hydrogen-bond acceptors (Lipinski definition) is 3. The van der Waals surface area contributed by atoms with Crippen LogP contribution in [-0.2, 0) is 18.0 Å². The summed E-state index contributed by atoms with van der Waals surface area (Å²) in [5, 5.41) is 3.14. The summed E-state index contributed by atoms with van der Waals surface area (Å²) in [7, 11) is 0. The van der Waals surface area contributed by atoms with Gasteiger partial charge >= 0.3 is 0 Å². The normalized spacial score (nSPS) is 13.4. The van der Waals surface area contributed by atoms with Gasteiger partial charge in [-0.1, -0.05) is 6.07 Å². The highest BCUT2D eigenvalue weighted by atomic mass is 19.1. The van der Waals surface area contributed by atoms with Crippen LogP contribution in [0.15, 0.2) is 36.4 Å². The summed E-state index contributed by atoms with van der Waals surface area (Å²) in [5.74, 6) is -0.345. The molecule has 0 saturated carbocycles. The highest BCUT2D eigenvalue weighted by Gasteiger charge is 2.11. The third-order valence-corrected chi connectivity index (χ3v) is 2.93. The number of benzene rings is 2. The maximum Gasteiger partial charge on any atom is 0.127 e. The first-order valence-corrected chi connectivity index (χ1v) is 5.73. The summed E-state index contributed by atoms with van der Waals surface area (Å²) in [4.78, 5) is 0. The van der Waals surface area contributed by atoms with Crippen LogP contribution in [0.25, 0.3) is 0 Å². The molecule has 3 rings (SSSR count). The van der Waals surface area contributed by atoms with Crippen molar-refractivity contribution in [2.45, 2.75) is 13.2 Å². The Kier molecular flexibility index (Phi) is 2.64. The molecule has 2 aromatic carbocycles. The molecule has 0 spiro atoms. The molecule has 2 aromatic rings. The lowest BCUT2D eigenvalue weighted by molar-refractivity contribution is 0.134. The fourth-order valence-corrected chi connectivity index (χ4v) is 2.10. The Morgan fingerprint density at radius 2 is 1.83 bits per heavy atom. The van der Waals surface area contributed by atoms with Gasteiger partial charge < -0.3 is 15.8 Å². The summed E-state index contributed by atoms with van der Waals surface area (Å²) in [6.45, 7) is 1.30. The molecule has 0 aromatic heterocycles. The van der Waals surface area contributed by atoms with Gasteiger partial charge in [-0.2, -0.15) is 0 Å². The van der Waals surface area contributed by atoms with Gasteiger partial charge in [-0.15, -0.1) is 0 Å². The predicted molar refractivity (Wildman–Crippen MR) is 69.0 cm³/mol. The quantitative estimate of drug-likeness (QED) is 0.797. The van der Waals surface area contributed by atoms with Crippen LogP contribution >= 0.6 is 0 Å². The van der Waals surface area contributed by atoms with E-state index in [0.717, 1.165) is 5.69 Å². The summed E-state index contributed by atoms with van der Waals surface area (Å²) < 4.78 is 18.6. The van der Waals surface area contributed by atoms with Gasteiger partial charge in [-0.05, 0) is 41.5 Å². The van der Waals surface area contributed by atoms with Crippen molar-refractivity contribution < 1.29 is 9.13 Å². The lowest BCUT2D eigenvalue weighted by Gasteiger charge is -2.09. The van der Waals surface area contributed by atoms with Crippen LogP contribution in [0.3, 0.4) is 0 Å². The van der Waals surface area contributed by atoms with Crippen LogP contribution in [0, 0.1) is 5.82 Å². The zero-order valence-corrected chi connectivity index (χ0v) is 9.74. The van der Waals surface area contributed by atoms with Crippen LogP contribution < -0.4 is 11.1 Å². The van der Waals surface area contributed by atoms with Crippen molar-refractivity contribution in [2.75, 3.05) is 11.1 Å². The third-order valence-electron chi connectivity index (χ3n) is 2.93. The maximum absolute atomic E-state index is 13.2. The van der Waals surface area contributed by atoms with Gasteiger partial charge in [-0.3, -0.25) is 0 Å². The number of ether oxygens (including phenoxy) is 1. The summed E-state index contributed by atoms with van der Waals surface area (Å²) in [5.41, 5.74) is 9.94. The Morgan fingerprint density at radius 1 is 1.00 bits per heavy atom. The van der Waals surface area contributed by atoms with Crippen LogP contribution in [0.1, 0.15) is 11.1 Å². The van der Waals surface area contributed by atoms with Gasteiger partial charge in [0.1, 0.15) is 5.82 Å². The zero-order valence-electron chi connectivity index (χ0n) is 9.74. The lowest BCUT2D eigenvalue weighted by Crippen LogP contribution is -1.95. The Bertz CT molecular complexity index is 578. The third kappa shape index (κ3) is 2.15. The molecule has 3 nitrogen and oxygen atoms in total. The van der Waals surface area contributed by atoms with E-state index in [1.54, 1.807) is 6.07 Å². The van der Waals surface area contributed by atoms with E-state index in [1.807, 2.05) is 18.2 Å². The second-order valence-electron chi connectivity index (χ2n) is 4.37. The molecule has 0 atom stereocenters. The standard InChI is InChI=1S/C14H13FN2O/c15-11-4-12(16)6-14(5-11)17-13-2-1-9-7-18-8-10(9)3-13/h1-6,17H,7-8,16H2. The smallest absolute Gasteiger partial charge is 0.127 e. The Balaban J connectivity index is 1.88. The van der Waals surface area contributed by atoms with Gasteiger partial charge in [0.15, 0.2) is 0 Å². The largest absolute Gasteiger partial charge is 0.399 e. The van der Waals surface area contributed by atoms with E-state index < -0.39 is 0 Å². The first-order valence-electron chi connectivity index (χ1n) is 5.73. The van der Waals surface area contributed by atoms with Crippen LogP contribution in [0.4, 0.5) is 21.5 Å². The second kappa shape index (κ2) is 4.31. The molecular formula is C14H13FN2O. The predicted octanol–water partition coefficient (Wildman–Crippen LogP) is 3.18. The van der Waals surface area contributed by atoms with Crippen molar-refractivity contribution in [3.8, 4) is 0 Å². The first-order chi connectivity index (χ1) is 8.70. The van der Waals surface area contributed by atoms with E-state index in [4.69, 9.17) is 10.5 Å². The second-order valence-corrected chi connectivity index (χ2v) is 4.37. The number of anilines is 3. The minimum absolute atomic E-state index is 0.345. The van der Waals surface area contributed by atoms with E-state index in [2.05, 4.69) is 5.32 Å². The molecule has 0 radical (unpaired) electrons. The monoisotopic (exact) mass is 244 g/mol. The summed E-state index contributed by atoms with van der Waals surface area (Å²) in [6, 6.07) is 10.4. The molecule has 0 aliphatic carbocycles. The van der Waals surface area contributed by atoms with Gasteiger partial charge in [0, 0.05) is 17.1 Å². The van der Waals surface area contributed by atoms with Crippen LogP contribution in [-0.4, -0.2) is 0 Å². The molecule has 1 aliphatic rings. The average Bonchev–Trinajstić information content (AvgIpc) is 2.74. The minimum atomic E-state index is -0.345. The molecule has 1 heterocycles. The minimum Gasteiger partial charge on any atom is -0.399 e. The molecule has 3 N–H and O–H groups in total. The van der Waals surface area contributed by atoms with Crippen LogP contribution in [0.2, 0.25) is 0 Å². The molecule has 0 fully saturated rings. The molecule has 1 aliphatic heterocycles. The van der Waals surface area contributed by atoms with E-state index in [9.17, 15) is 4.39 Å².